The van der Waals surface area contributed by atoms with Gasteiger partial charge in [-0.3, -0.25) is 0 Å². The fraction of sp³-hybridized carbons (Fsp3) is 0.188. The van der Waals surface area contributed by atoms with E-state index in [4.69, 9.17) is 11.8 Å². The molecule has 0 spiro atoms. The van der Waals surface area contributed by atoms with Gasteiger partial charge in [0.25, 0.3) is 5.82 Å². The summed E-state index contributed by atoms with van der Waals surface area (Å²) in [7, 11) is 1.68. The van der Waals surface area contributed by atoms with Crippen LogP contribution < -0.4 is 0 Å². The van der Waals surface area contributed by atoms with Gasteiger partial charge in [-0.25, -0.2) is 13.2 Å². The second-order valence-electron chi connectivity index (χ2n) is 5.77. The van der Waals surface area contributed by atoms with Crippen LogP contribution in [0, 0.1) is 17.5 Å². The van der Waals surface area contributed by atoms with Crippen molar-refractivity contribution in [1.82, 2.24) is 4.90 Å². The quantitative estimate of drug-likeness (QED) is 0.590. The smallest absolute Gasteiger partial charge is 0.323 e. The van der Waals surface area contributed by atoms with Gasteiger partial charge in [0.05, 0.1) is 17.4 Å². The molecule has 2 heterocycles. The molecule has 1 aromatic rings. The molecule has 9 heteroatoms. The lowest BCUT2D eigenvalue weighted by Gasteiger charge is -2.31. The van der Waals surface area contributed by atoms with Gasteiger partial charge in [-0.15, -0.1) is 0 Å². The van der Waals surface area contributed by atoms with Crippen molar-refractivity contribution in [3.8, 4) is 0 Å². The lowest BCUT2D eigenvalue weighted by Crippen LogP contribution is -2.45. The van der Waals surface area contributed by atoms with Crippen molar-refractivity contribution in [2.24, 2.45) is 15.1 Å². The molecule has 1 aromatic carbocycles. The number of likely N-dealkylation sites (N-methyl/N-ethyl adjacent to an activating group) is 1. The zero-order valence-electron chi connectivity index (χ0n) is 13.5. The molecular weight excluding hydrogens is 355 g/mol. The van der Waals surface area contributed by atoms with E-state index in [1.807, 2.05) is 0 Å². The van der Waals surface area contributed by atoms with Crippen LogP contribution >= 0.6 is 11.8 Å². The fourth-order valence-electron chi connectivity index (χ4n) is 2.76. The summed E-state index contributed by atoms with van der Waals surface area (Å²) in [5, 5.41) is 4.06. The number of hydrogen-bond acceptors (Lipinski definition) is 4. The maximum atomic E-state index is 14.3. The first-order valence-corrected chi connectivity index (χ1v) is 7.58. The van der Waals surface area contributed by atoms with E-state index in [1.165, 1.54) is 12.6 Å². The molecule has 1 unspecified atom stereocenters. The third-order valence-electron chi connectivity index (χ3n) is 3.62. The van der Waals surface area contributed by atoms with E-state index in [1.54, 1.807) is 18.9 Å². The Balaban J connectivity index is 2.28. The second kappa shape index (κ2) is 6.12. The molecule has 2 aliphatic heterocycles. The van der Waals surface area contributed by atoms with Gasteiger partial charge in [-0.1, -0.05) is 12.2 Å². The van der Waals surface area contributed by atoms with Crippen molar-refractivity contribution >= 4 is 35.9 Å². The molecule has 0 radical (unpaired) electrons. The van der Waals surface area contributed by atoms with Gasteiger partial charge >= 0.3 is 5.96 Å². The van der Waals surface area contributed by atoms with Crippen molar-refractivity contribution in [1.29, 1.82) is 0 Å². The molecule has 25 heavy (non-hydrogen) atoms. The number of guanidine groups is 1. The highest BCUT2D eigenvalue weighted by Crippen LogP contribution is 2.39. The topological polar surface area (TPSA) is 40.3 Å². The minimum atomic E-state index is -1.06. The molecule has 2 aliphatic rings. The third-order valence-corrected chi connectivity index (χ3v) is 4.02. The normalized spacial score (nSPS) is 21.4. The van der Waals surface area contributed by atoms with E-state index in [0.29, 0.717) is 18.7 Å². The average molecular weight is 369 g/mol. The zero-order chi connectivity index (χ0) is 18.4. The van der Waals surface area contributed by atoms with Crippen molar-refractivity contribution in [3.63, 3.8) is 0 Å². The minimum absolute atomic E-state index is 0.0479. The minimum Gasteiger partial charge on any atom is -0.323 e. The summed E-state index contributed by atoms with van der Waals surface area (Å²) in [6.45, 7) is 5.98. The summed E-state index contributed by atoms with van der Waals surface area (Å²) in [4.78, 5) is 9.66. The standard InChI is InChI=1S/C16H14ClF3N5/c1-9(2)7-24(3)15-11(6-21-16-22-8-23-25(15,16)17)14-12(19)4-10(18)5-13(14)20/h4-6,8H,1,7H2,2-3H3/q+1. The maximum absolute atomic E-state index is 14.3. The summed E-state index contributed by atoms with van der Waals surface area (Å²) in [5.74, 6) is -2.77. The van der Waals surface area contributed by atoms with E-state index in [-0.39, 0.29) is 17.4 Å². The van der Waals surface area contributed by atoms with Crippen LogP contribution in [-0.4, -0.2) is 41.1 Å². The SMILES string of the molecule is C=C(C)CN(C)C1=C(c2c(F)cc(F)cc2F)C=NC2=NC=N[N+]21Cl. The number of quaternary nitrogens is 1. The summed E-state index contributed by atoms with van der Waals surface area (Å²) >= 11 is 6.54. The van der Waals surface area contributed by atoms with Crippen LogP contribution in [0.3, 0.4) is 0 Å². The number of benzene rings is 1. The van der Waals surface area contributed by atoms with Gasteiger partial charge in [0.15, 0.2) is 6.34 Å². The number of fused-ring (bicyclic) bond motifs is 1. The van der Waals surface area contributed by atoms with Crippen molar-refractivity contribution in [3.05, 3.63) is 53.1 Å². The van der Waals surface area contributed by atoms with Crippen LogP contribution in [0.15, 0.2) is 45.2 Å². The number of halogens is 4. The van der Waals surface area contributed by atoms with Crippen LogP contribution in [0.2, 0.25) is 0 Å². The van der Waals surface area contributed by atoms with E-state index in [2.05, 4.69) is 21.7 Å². The molecule has 0 aliphatic carbocycles. The van der Waals surface area contributed by atoms with Gasteiger partial charge in [0.1, 0.15) is 17.5 Å². The number of aliphatic imine (C=N–C) groups is 2. The van der Waals surface area contributed by atoms with Crippen LogP contribution in [0.25, 0.3) is 5.57 Å². The van der Waals surface area contributed by atoms with Crippen LogP contribution in [0.1, 0.15) is 12.5 Å². The third kappa shape index (κ3) is 2.87. The van der Waals surface area contributed by atoms with E-state index >= 15 is 0 Å². The molecule has 0 N–H and O–H groups in total. The molecule has 0 amide bonds. The first kappa shape index (κ1) is 17.4. The Morgan fingerprint density at radius 2 is 1.92 bits per heavy atom. The summed E-state index contributed by atoms with van der Waals surface area (Å²) in [6, 6.07) is 1.20. The highest BCUT2D eigenvalue weighted by molar-refractivity contribution is 6.22. The van der Waals surface area contributed by atoms with Gasteiger partial charge in [-0.2, -0.15) is 9.98 Å². The fourth-order valence-corrected chi connectivity index (χ4v) is 3.11. The van der Waals surface area contributed by atoms with E-state index in [0.717, 1.165) is 5.57 Å². The molecule has 5 nitrogen and oxygen atoms in total. The summed E-state index contributed by atoms with van der Waals surface area (Å²) in [5.41, 5.74) is 0.404. The molecule has 0 aromatic heterocycles. The Morgan fingerprint density at radius 1 is 1.28 bits per heavy atom. The highest BCUT2D eigenvalue weighted by atomic mass is 35.5. The number of nitrogens with zero attached hydrogens (tertiary/aromatic N) is 5. The monoisotopic (exact) mass is 368 g/mol. The average Bonchev–Trinajstić information content (AvgIpc) is 2.85. The molecule has 3 rings (SSSR count). The van der Waals surface area contributed by atoms with Gasteiger partial charge in [0.2, 0.25) is 11.8 Å². The zero-order valence-corrected chi connectivity index (χ0v) is 14.2. The predicted octanol–water partition coefficient (Wildman–Crippen LogP) is 3.65. The molecule has 130 valence electrons. The van der Waals surface area contributed by atoms with Crippen LogP contribution in [-0.2, 0) is 0 Å². The summed E-state index contributed by atoms with van der Waals surface area (Å²) < 4.78 is 41.2. The van der Waals surface area contributed by atoms with E-state index in [9.17, 15) is 13.2 Å². The van der Waals surface area contributed by atoms with Gasteiger partial charge < -0.3 is 4.90 Å². The molecular formula is C16H14ClF3N5+. The van der Waals surface area contributed by atoms with E-state index < -0.39 is 27.1 Å². The molecule has 0 bridgehead atoms. The Kier molecular flexibility index (Phi) is 4.26. The largest absolute Gasteiger partial charge is 0.383 e. The van der Waals surface area contributed by atoms with Crippen LogP contribution in [0.5, 0.6) is 0 Å². The summed E-state index contributed by atoms with van der Waals surface area (Å²) in [6.07, 6.45) is 2.46. The second-order valence-corrected chi connectivity index (χ2v) is 6.26. The first-order valence-electron chi connectivity index (χ1n) is 7.24. The Hall–Kier alpha value is -2.45. The van der Waals surface area contributed by atoms with Crippen LogP contribution in [0.4, 0.5) is 13.2 Å². The highest BCUT2D eigenvalue weighted by Gasteiger charge is 2.50. The maximum Gasteiger partial charge on any atom is 0.383 e. The van der Waals surface area contributed by atoms with Crippen molar-refractivity contribution < 1.29 is 17.3 Å². The lowest BCUT2D eigenvalue weighted by atomic mass is 10.0. The molecule has 0 saturated heterocycles. The van der Waals surface area contributed by atoms with Crippen molar-refractivity contribution in [2.45, 2.75) is 6.92 Å². The Labute approximate surface area is 147 Å². The van der Waals surface area contributed by atoms with Gasteiger partial charge in [0, 0.05) is 29.8 Å². The number of allylic oxidation sites excluding steroid dienone is 1. The number of rotatable bonds is 4. The Bertz CT molecular complexity index is 867. The molecule has 0 saturated carbocycles. The van der Waals surface area contributed by atoms with Gasteiger partial charge in [-0.05, 0) is 12.0 Å². The first-order chi connectivity index (χ1) is 11.7. The molecule has 0 fully saturated rings. The number of hydrogen-bond donors (Lipinski definition) is 0. The lowest BCUT2D eigenvalue weighted by molar-refractivity contribution is -0.691. The Morgan fingerprint density at radius 3 is 2.52 bits per heavy atom. The predicted molar refractivity (Wildman–Crippen MR) is 91.2 cm³/mol. The molecule has 1 atom stereocenters. The van der Waals surface area contributed by atoms with Crippen molar-refractivity contribution in [2.75, 3.05) is 13.6 Å².